The number of aliphatic imine (C=N–C) groups is 1. The number of rotatable bonds is 5. The number of nitrogens with zero attached hydrogens (tertiary/aromatic N) is 3. The van der Waals surface area contributed by atoms with Crippen molar-refractivity contribution >= 4 is 15.8 Å². The number of hydrogen-bond acceptors (Lipinski definition) is 4. The zero-order chi connectivity index (χ0) is 17.7. The van der Waals surface area contributed by atoms with Crippen molar-refractivity contribution < 1.29 is 8.42 Å². The SMILES string of the molecule is CN=C(NCCS(=O)(=O)C(C)(C)C)N1CCN(CC(C)C)CC1. The molecule has 23 heavy (non-hydrogen) atoms. The largest absolute Gasteiger partial charge is 0.355 e. The number of piperazine rings is 1. The highest BCUT2D eigenvalue weighted by molar-refractivity contribution is 7.92. The molecule has 0 atom stereocenters. The van der Waals surface area contributed by atoms with Crippen LogP contribution in [-0.2, 0) is 9.84 Å². The molecule has 1 aliphatic heterocycles. The Morgan fingerprint density at radius 1 is 1.17 bits per heavy atom. The van der Waals surface area contributed by atoms with Crippen molar-refractivity contribution in [3.8, 4) is 0 Å². The van der Waals surface area contributed by atoms with Crippen LogP contribution in [0.2, 0.25) is 0 Å². The molecule has 0 bridgehead atoms. The van der Waals surface area contributed by atoms with Gasteiger partial charge in [0.05, 0.1) is 10.5 Å². The van der Waals surface area contributed by atoms with Crippen molar-refractivity contribution in [2.75, 3.05) is 52.1 Å². The zero-order valence-corrected chi connectivity index (χ0v) is 16.4. The molecular formula is C16H34N4O2S. The summed E-state index contributed by atoms with van der Waals surface area (Å²) in [5.41, 5.74) is 0. The molecule has 0 aromatic heterocycles. The number of guanidine groups is 1. The van der Waals surface area contributed by atoms with Crippen LogP contribution in [0.3, 0.4) is 0 Å². The van der Waals surface area contributed by atoms with Gasteiger partial charge in [-0.15, -0.1) is 0 Å². The first-order valence-electron chi connectivity index (χ1n) is 8.47. The first-order valence-corrected chi connectivity index (χ1v) is 10.1. The molecule has 0 radical (unpaired) electrons. The molecule has 0 amide bonds. The van der Waals surface area contributed by atoms with Crippen molar-refractivity contribution in [3.63, 3.8) is 0 Å². The lowest BCUT2D eigenvalue weighted by Gasteiger charge is -2.37. The van der Waals surface area contributed by atoms with Gasteiger partial charge < -0.3 is 10.2 Å². The van der Waals surface area contributed by atoms with Gasteiger partial charge in [0.2, 0.25) is 0 Å². The topological polar surface area (TPSA) is 65.0 Å². The smallest absolute Gasteiger partial charge is 0.193 e. The molecular weight excluding hydrogens is 312 g/mol. The minimum Gasteiger partial charge on any atom is -0.355 e. The molecule has 1 saturated heterocycles. The van der Waals surface area contributed by atoms with E-state index in [4.69, 9.17) is 0 Å². The van der Waals surface area contributed by atoms with Crippen molar-refractivity contribution in [2.45, 2.75) is 39.4 Å². The Kier molecular flexibility index (Phi) is 7.32. The van der Waals surface area contributed by atoms with Crippen molar-refractivity contribution in [2.24, 2.45) is 10.9 Å². The van der Waals surface area contributed by atoms with Crippen LogP contribution >= 0.6 is 0 Å². The summed E-state index contributed by atoms with van der Waals surface area (Å²) in [5.74, 6) is 1.61. The average Bonchev–Trinajstić information content (AvgIpc) is 2.43. The van der Waals surface area contributed by atoms with Gasteiger partial charge in [0.15, 0.2) is 15.8 Å². The summed E-state index contributed by atoms with van der Waals surface area (Å²) in [7, 11) is -1.35. The van der Waals surface area contributed by atoms with E-state index in [0.717, 1.165) is 38.7 Å². The van der Waals surface area contributed by atoms with Crippen LogP contribution in [0.5, 0.6) is 0 Å². The van der Waals surface area contributed by atoms with Gasteiger partial charge in [0, 0.05) is 46.3 Å². The highest BCUT2D eigenvalue weighted by Crippen LogP contribution is 2.15. The van der Waals surface area contributed by atoms with Gasteiger partial charge in [0.25, 0.3) is 0 Å². The van der Waals surface area contributed by atoms with E-state index >= 15 is 0 Å². The highest BCUT2D eigenvalue weighted by atomic mass is 32.2. The van der Waals surface area contributed by atoms with Gasteiger partial charge in [-0.3, -0.25) is 9.89 Å². The third kappa shape index (κ3) is 6.30. The highest BCUT2D eigenvalue weighted by Gasteiger charge is 2.28. The first-order chi connectivity index (χ1) is 10.6. The van der Waals surface area contributed by atoms with Gasteiger partial charge in [-0.1, -0.05) is 13.8 Å². The standard InChI is InChI=1S/C16H34N4O2S/c1-14(2)13-19-8-10-20(11-9-19)15(17-6)18-7-12-23(21,22)16(3,4)5/h14H,7-13H2,1-6H3,(H,17,18). The summed E-state index contributed by atoms with van der Waals surface area (Å²) < 4.78 is 23.6. The maximum Gasteiger partial charge on any atom is 0.193 e. The molecule has 1 fully saturated rings. The summed E-state index contributed by atoms with van der Waals surface area (Å²) in [6.07, 6.45) is 0. The van der Waals surface area contributed by atoms with E-state index in [9.17, 15) is 8.42 Å². The third-order valence-corrected chi connectivity index (χ3v) is 6.70. The Labute approximate surface area is 142 Å². The Hall–Kier alpha value is -0.820. The summed E-state index contributed by atoms with van der Waals surface area (Å²) in [4.78, 5) is 8.98. The fourth-order valence-corrected chi connectivity index (χ4v) is 3.58. The van der Waals surface area contributed by atoms with Gasteiger partial charge in [0.1, 0.15) is 0 Å². The molecule has 1 aliphatic rings. The predicted octanol–water partition coefficient (Wildman–Crippen LogP) is 1.05. The maximum absolute atomic E-state index is 12.1. The van der Waals surface area contributed by atoms with Crippen LogP contribution in [-0.4, -0.2) is 81.0 Å². The van der Waals surface area contributed by atoms with Crippen molar-refractivity contribution in [1.82, 2.24) is 15.1 Å². The summed E-state index contributed by atoms with van der Waals surface area (Å²) in [6, 6.07) is 0. The first kappa shape index (κ1) is 20.2. The Morgan fingerprint density at radius 3 is 2.17 bits per heavy atom. The molecule has 0 aromatic carbocycles. The molecule has 6 nitrogen and oxygen atoms in total. The van der Waals surface area contributed by atoms with Crippen LogP contribution in [0.4, 0.5) is 0 Å². The summed E-state index contributed by atoms with van der Waals surface area (Å²) >= 11 is 0. The van der Waals surface area contributed by atoms with E-state index in [1.165, 1.54) is 0 Å². The maximum atomic E-state index is 12.1. The Morgan fingerprint density at radius 2 is 1.74 bits per heavy atom. The second kappa shape index (κ2) is 8.33. The molecule has 7 heteroatoms. The molecule has 0 aromatic rings. The third-order valence-electron chi connectivity index (χ3n) is 4.09. The van der Waals surface area contributed by atoms with E-state index in [0.29, 0.717) is 12.5 Å². The van der Waals surface area contributed by atoms with E-state index < -0.39 is 14.6 Å². The molecule has 1 heterocycles. The fraction of sp³-hybridized carbons (Fsp3) is 0.938. The second-order valence-corrected chi connectivity index (χ2v) is 10.4. The lowest BCUT2D eigenvalue weighted by atomic mass is 10.2. The summed E-state index contributed by atoms with van der Waals surface area (Å²) in [6.45, 7) is 15.1. The van der Waals surface area contributed by atoms with Gasteiger partial charge in [-0.25, -0.2) is 8.42 Å². The molecule has 1 rings (SSSR count). The minimum atomic E-state index is -3.10. The van der Waals surface area contributed by atoms with Crippen LogP contribution in [0.25, 0.3) is 0 Å². The van der Waals surface area contributed by atoms with E-state index in [2.05, 4.69) is 34.0 Å². The van der Waals surface area contributed by atoms with Crippen molar-refractivity contribution in [1.29, 1.82) is 0 Å². The van der Waals surface area contributed by atoms with Gasteiger partial charge in [-0.2, -0.15) is 0 Å². The number of hydrogen-bond donors (Lipinski definition) is 1. The predicted molar refractivity (Wildman–Crippen MR) is 97.8 cm³/mol. The quantitative estimate of drug-likeness (QED) is 0.595. The zero-order valence-electron chi connectivity index (χ0n) is 15.6. The van der Waals surface area contributed by atoms with E-state index in [1.807, 2.05) is 0 Å². The van der Waals surface area contributed by atoms with Crippen LogP contribution < -0.4 is 5.32 Å². The molecule has 0 unspecified atom stereocenters. The van der Waals surface area contributed by atoms with Crippen LogP contribution in [0.15, 0.2) is 4.99 Å². The molecule has 136 valence electrons. The molecule has 0 saturated carbocycles. The normalized spacial score (nSPS) is 18.6. The second-order valence-electron chi connectivity index (χ2n) is 7.59. The molecule has 0 spiro atoms. The molecule has 1 N–H and O–H groups in total. The van der Waals surface area contributed by atoms with E-state index in [1.54, 1.807) is 27.8 Å². The number of nitrogens with one attached hydrogen (secondary N) is 1. The minimum absolute atomic E-state index is 0.128. The lowest BCUT2D eigenvalue weighted by molar-refractivity contribution is 0.164. The monoisotopic (exact) mass is 346 g/mol. The number of sulfone groups is 1. The van der Waals surface area contributed by atoms with Gasteiger partial charge in [-0.05, 0) is 26.7 Å². The Bertz CT molecular complexity index is 487. The summed E-state index contributed by atoms with van der Waals surface area (Å²) in [5, 5.41) is 3.20. The lowest BCUT2D eigenvalue weighted by Crippen LogP contribution is -2.53. The van der Waals surface area contributed by atoms with Gasteiger partial charge >= 0.3 is 0 Å². The molecule has 0 aliphatic carbocycles. The van der Waals surface area contributed by atoms with Crippen molar-refractivity contribution in [3.05, 3.63) is 0 Å². The van der Waals surface area contributed by atoms with Crippen LogP contribution in [0, 0.1) is 5.92 Å². The Balaban J connectivity index is 2.45. The van der Waals surface area contributed by atoms with Crippen LogP contribution in [0.1, 0.15) is 34.6 Å². The fourth-order valence-electron chi connectivity index (χ4n) is 2.59. The average molecular weight is 347 g/mol. The van der Waals surface area contributed by atoms with E-state index in [-0.39, 0.29) is 5.75 Å².